The fourth-order valence-electron chi connectivity index (χ4n) is 9.60. The highest BCUT2D eigenvalue weighted by molar-refractivity contribution is 5.46. The standard InChI is InChI=1S/C15H20N2.C14H18N2O.C14H18N2.C13H16N2O.C13H16N2.C12H15N3.CH4/c1-11-7-6-8-13(9-11)17-12(2)10-14(16-17)15(3,4)5;1-14(2,3)13-9-10-16(15-13)11-7-5-6-8-12(11)17-4;1-14(2,3)13-9-10-16(15-13)11-12-7-5-4-6-8-12;1-10(2)13-7-8-15(14-13)11-5-4-6-12(9-11)16-3;1-10(2)13-7-8-15(14-13)12-6-4-5-11(3)9-12;1-12(2,3)10-7-9-15(14-10)11-6-4-5-8-13-11;/h6-10H,1-5H3;5-10H,1-4H3;4-10H,11H2,1-3H3;4-10H,1-3H3;4-10H,1-3H3;4-9H,1-3H3;1H4. The van der Waals surface area contributed by atoms with Gasteiger partial charge in [0.1, 0.15) is 17.2 Å². The molecule has 0 fully saturated rings. The lowest BCUT2D eigenvalue weighted by Crippen LogP contribution is -2.13. The molecule has 0 aliphatic heterocycles. The molecule has 97 heavy (non-hydrogen) atoms. The van der Waals surface area contributed by atoms with Crippen LogP contribution in [0.15, 0.2) is 219 Å². The summed E-state index contributed by atoms with van der Waals surface area (Å²) in [6, 6.07) is 61.2. The van der Waals surface area contributed by atoms with Gasteiger partial charge >= 0.3 is 0 Å². The van der Waals surface area contributed by atoms with E-state index in [1.807, 2.05) is 145 Å². The second-order valence-corrected chi connectivity index (χ2v) is 28.7. The number of pyridine rings is 1. The molecule has 0 radical (unpaired) electrons. The van der Waals surface area contributed by atoms with Crippen molar-refractivity contribution in [2.75, 3.05) is 14.2 Å². The van der Waals surface area contributed by atoms with Crippen LogP contribution in [0.25, 0.3) is 28.6 Å². The summed E-state index contributed by atoms with van der Waals surface area (Å²) in [5.74, 6) is 3.46. The van der Waals surface area contributed by atoms with Gasteiger partial charge in [0.05, 0.1) is 72.0 Å². The zero-order valence-corrected chi connectivity index (χ0v) is 60.8. The number of hydrogen-bond acceptors (Lipinski definition) is 9. The average molecular weight is 1310 g/mol. The van der Waals surface area contributed by atoms with Crippen LogP contribution in [0, 0.1) is 20.8 Å². The van der Waals surface area contributed by atoms with Gasteiger partial charge in [0.25, 0.3) is 0 Å². The number of nitrogens with zero attached hydrogens (tertiary/aromatic N) is 13. The Morgan fingerprint density at radius 3 is 1.35 bits per heavy atom. The zero-order valence-electron chi connectivity index (χ0n) is 60.8. The van der Waals surface area contributed by atoms with Gasteiger partial charge in [0.2, 0.25) is 0 Å². The van der Waals surface area contributed by atoms with Crippen LogP contribution in [0.2, 0.25) is 0 Å². The first-order valence-corrected chi connectivity index (χ1v) is 33.1. The molecule has 7 aromatic heterocycles. The zero-order chi connectivity index (χ0) is 70.0. The van der Waals surface area contributed by atoms with Gasteiger partial charge in [0, 0.05) is 70.6 Å². The Bertz CT molecular complexity index is 4280. The van der Waals surface area contributed by atoms with Crippen LogP contribution >= 0.6 is 0 Å². The van der Waals surface area contributed by atoms with Gasteiger partial charge in [-0.2, -0.15) is 30.6 Å². The number of methoxy groups -OCH3 is 2. The summed E-state index contributed by atoms with van der Waals surface area (Å²) in [6.45, 7) is 41.8. The lowest BCUT2D eigenvalue weighted by atomic mass is 9.92. The Labute approximate surface area is 579 Å². The Kier molecular flexibility index (Phi) is 26.8. The SMILES string of the molecule is C.CC(C)(C)c1ccn(-c2ccccn2)n1.CC(C)(C)c1ccn(Cc2ccccc2)n1.COc1cccc(-n2ccc(C(C)C)n2)c1.COc1ccccc1-n1ccc(C(C)(C)C)n1.Cc1cccc(-n2ccc(C(C)C)n2)c1.Cc1cccc(-n2nc(C(C)(C)C)cc2C)c1. The van der Waals surface area contributed by atoms with E-state index in [4.69, 9.17) is 14.6 Å². The molecule has 15 heteroatoms. The molecule has 5 aromatic carbocycles. The fraction of sp³-hybridized carbons (Fsp3) is 0.354. The summed E-state index contributed by atoms with van der Waals surface area (Å²) in [5.41, 5.74) is 16.3. The third-order valence-corrected chi connectivity index (χ3v) is 15.4. The minimum Gasteiger partial charge on any atom is -0.497 e. The van der Waals surface area contributed by atoms with E-state index in [-0.39, 0.29) is 29.1 Å². The largest absolute Gasteiger partial charge is 0.497 e. The van der Waals surface area contributed by atoms with E-state index in [2.05, 4.69) is 253 Å². The van der Waals surface area contributed by atoms with Crippen LogP contribution in [0.1, 0.15) is 187 Å². The molecular weight excluding hydrogens is 1200 g/mol. The maximum Gasteiger partial charge on any atom is 0.153 e. The molecule has 0 unspecified atom stereocenters. The van der Waals surface area contributed by atoms with E-state index in [9.17, 15) is 0 Å². The first kappa shape index (κ1) is 76.1. The van der Waals surface area contributed by atoms with Crippen molar-refractivity contribution < 1.29 is 9.47 Å². The maximum atomic E-state index is 5.33. The molecule has 0 saturated carbocycles. The van der Waals surface area contributed by atoms with Crippen molar-refractivity contribution in [3.63, 3.8) is 0 Å². The molecule has 0 amide bonds. The Balaban J connectivity index is 0.000000184. The van der Waals surface area contributed by atoms with Crippen molar-refractivity contribution in [2.45, 2.75) is 179 Å². The number of benzene rings is 5. The molecule has 12 aromatic rings. The van der Waals surface area contributed by atoms with Crippen molar-refractivity contribution in [3.05, 3.63) is 276 Å². The number of aromatic nitrogens is 13. The molecule has 0 saturated heterocycles. The smallest absolute Gasteiger partial charge is 0.153 e. The summed E-state index contributed by atoms with van der Waals surface area (Å²) >= 11 is 0. The topological polar surface area (TPSA) is 138 Å². The lowest BCUT2D eigenvalue weighted by molar-refractivity contribution is 0.411. The van der Waals surface area contributed by atoms with Crippen LogP contribution in [0.4, 0.5) is 0 Å². The first-order chi connectivity index (χ1) is 45.4. The van der Waals surface area contributed by atoms with E-state index < -0.39 is 0 Å². The molecule has 0 N–H and O–H groups in total. The molecule has 0 aliphatic carbocycles. The van der Waals surface area contributed by atoms with Crippen LogP contribution in [-0.2, 0) is 28.2 Å². The van der Waals surface area contributed by atoms with E-state index in [1.165, 1.54) is 22.4 Å². The molecule has 0 aliphatic rings. The van der Waals surface area contributed by atoms with Crippen LogP contribution < -0.4 is 9.47 Å². The highest BCUT2D eigenvalue weighted by Crippen LogP contribution is 2.28. The molecule has 0 spiro atoms. The highest BCUT2D eigenvalue weighted by atomic mass is 16.5. The maximum absolute atomic E-state index is 5.33. The van der Waals surface area contributed by atoms with Gasteiger partial charge in [-0.05, 0) is 146 Å². The molecule has 0 bridgehead atoms. The summed E-state index contributed by atoms with van der Waals surface area (Å²) in [7, 11) is 3.34. The van der Waals surface area contributed by atoms with E-state index in [0.29, 0.717) is 11.8 Å². The van der Waals surface area contributed by atoms with Gasteiger partial charge in [-0.1, -0.05) is 197 Å². The number of ether oxygens (including phenoxy) is 2. The van der Waals surface area contributed by atoms with Crippen LogP contribution in [0.3, 0.4) is 0 Å². The Hall–Kier alpha value is -9.89. The lowest BCUT2D eigenvalue weighted by Gasteiger charge is -2.14. The molecule has 7 heterocycles. The quantitative estimate of drug-likeness (QED) is 0.124. The summed E-state index contributed by atoms with van der Waals surface area (Å²) in [4.78, 5) is 4.24. The fourth-order valence-corrected chi connectivity index (χ4v) is 9.60. The number of aryl methyl sites for hydroxylation is 3. The normalized spacial score (nSPS) is 11.3. The predicted octanol–water partition coefficient (Wildman–Crippen LogP) is 19.7. The highest BCUT2D eigenvalue weighted by Gasteiger charge is 2.21. The number of rotatable bonds is 11. The van der Waals surface area contributed by atoms with E-state index >= 15 is 0 Å². The Morgan fingerprint density at radius 1 is 0.392 bits per heavy atom. The Morgan fingerprint density at radius 2 is 0.866 bits per heavy atom. The molecule has 15 nitrogen and oxygen atoms in total. The predicted molar refractivity (Wildman–Crippen MR) is 400 cm³/mol. The van der Waals surface area contributed by atoms with Crippen molar-refractivity contribution in [2.24, 2.45) is 0 Å². The van der Waals surface area contributed by atoms with Gasteiger partial charge in [-0.3, -0.25) is 4.68 Å². The molecule has 512 valence electrons. The second kappa shape index (κ2) is 34.2. The van der Waals surface area contributed by atoms with Gasteiger partial charge in [-0.15, -0.1) is 0 Å². The molecule has 12 rings (SSSR count). The van der Waals surface area contributed by atoms with E-state index in [1.54, 1.807) is 25.1 Å². The van der Waals surface area contributed by atoms with Crippen LogP contribution in [0.5, 0.6) is 11.5 Å². The monoisotopic (exact) mass is 1310 g/mol. The number of para-hydroxylation sites is 2. The summed E-state index contributed by atoms with van der Waals surface area (Å²) in [5, 5.41) is 27.5. The third kappa shape index (κ3) is 22.6. The van der Waals surface area contributed by atoms with Crippen molar-refractivity contribution >= 4 is 0 Å². The van der Waals surface area contributed by atoms with E-state index in [0.717, 1.165) is 80.8 Å². The molecular formula is C82H107N13O2. The third-order valence-electron chi connectivity index (χ3n) is 15.4. The van der Waals surface area contributed by atoms with Crippen molar-refractivity contribution in [3.8, 4) is 40.1 Å². The molecule has 0 atom stereocenters. The number of hydrogen-bond donors (Lipinski definition) is 0. The van der Waals surface area contributed by atoms with Crippen LogP contribution in [-0.4, -0.2) is 77.9 Å². The van der Waals surface area contributed by atoms with Gasteiger partial charge < -0.3 is 9.47 Å². The van der Waals surface area contributed by atoms with Crippen molar-refractivity contribution in [1.82, 2.24) is 63.7 Å². The minimum absolute atomic E-state index is 0. The first-order valence-electron chi connectivity index (χ1n) is 33.1. The van der Waals surface area contributed by atoms with Gasteiger partial charge in [-0.25, -0.2) is 28.4 Å². The minimum atomic E-state index is 0. The summed E-state index contributed by atoms with van der Waals surface area (Å²) in [6.07, 6.45) is 11.7. The summed E-state index contributed by atoms with van der Waals surface area (Å²) < 4.78 is 22.0. The van der Waals surface area contributed by atoms with Crippen molar-refractivity contribution in [1.29, 1.82) is 0 Å². The second-order valence-electron chi connectivity index (χ2n) is 28.7. The van der Waals surface area contributed by atoms with Gasteiger partial charge in [0.15, 0.2) is 5.82 Å². The average Bonchev–Trinajstić information content (AvgIpc) is 1.71.